The number of benzene rings is 1. The second-order valence-electron chi connectivity index (χ2n) is 4.80. The van der Waals surface area contributed by atoms with Crippen molar-refractivity contribution in [2.75, 3.05) is 7.11 Å². The van der Waals surface area contributed by atoms with Gasteiger partial charge in [-0.25, -0.2) is 0 Å². The Morgan fingerprint density at radius 1 is 1.25 bits per heavy atom. The van der Waals surface area contributed by atoms with Crippen LogP contribution in [-0.4, -0.2) is 17.9 Å². The SMILES string of the molecule is CCc1ccc(CC(=O)c2ccc(OC)c(C)c2)nc1. The maximum atomic E-state index is 12.2. The number of rotatable bonds is 5. The zero-order chi connectivity index (χ0) is 14.5. The molecule has 104 valence electrons. The lowest BCUT2D eigenvalue weighted by molar-refractivity contribution is 0.0992. The molecular formula is C17H19NO2. The molecule has 0 saturated heterocycles. The van der Waals surface area contributed by atoms with E-state index in [4.69, 9.17) is 4.74 Å². The average Bonchev–Trinajstić information content (AvgIpc) is 2.48. The van der Waals surface area contributed by atoms with Gasteiger partial charge in [0.15, 0.2) is 5.78 Å². The lowest BCUT2D eigenvalue weighted by atomic mass is 10.0. The molecule has 0 aliphatic rings. The third kappa shape index (κ3) is 3.23. The van der Waals surface area contributed by atoms with Crippen molar-refractivity contribution in [2.45, 2.75) is 26.7 Å². The third-order valence-corrected chi connectivity index (χ3v) is 3.35. The van der Waals surface area contributed by atoms with E-state index in [9.17, 15) is 4.79 Å². The van der Waals surface area contributed by atoms with Gasteiger partial charge >= 0.3 is 0 Å². The maximum Gasteiger partial charge on any atom is 0.168 e. The van der Waals surface area contributed by atoms with Gasteiger partial charge in [0.05, 0.1) is 13.5 Å². The van der Waals surface area contributed by atoms with Crippen LogP contribution in [0.4, 0.5) is 0 Å². The molecule has 0 unspecified atom stereocenters. The summed E-state index contributed by atoms with van der Waals surface area (Å²) in [5.74, 6) is 0.875. The molecular weight excluding hydrogens is 250 g/mol. The zero-order valence-corrected chi connectivity index (χ0v) is 12.1. The van der Waals surface area contributed by atoms with Gasteiger partial charge < -0.3 is 4.74 Å². The van der Waals surface area contributed by atoms with Crippen molar-refractivity contribution in [1.29, 1.82) is 0 Å². The van der Waals surface area contributed by atoms with Crippen molar-refractivity contribution in [3.05, 3.63) is 58.9 Å². The van der Waals surface area contributed by atoms with E-state index in [1.54, 1.807) is 13.2 Å². The van der Waals surface area contributed by atoms with Crippen LogP contribution in [0.5, 0.6) is 5.75 Å². The van der Waals surface area contributed by atoms with Crippen LogP contribution >= 0.6 is 0 Å². The molecule has 0 amide bonds. The predicted molar refractivity (Wildman–Crippen MR) is 79.4 cm³/mol. The number of hydrogen-bond donors (Lipinski definition) is 0. The standard InChI is InChI=1S/C17H19NO2/c1-4-13-5-7-15(18-11-13)10-16(19)14-6-8-17(20-3)12(2)9-14/h5-9,11H,4,10H2,1-3H3. The fraction of sp³-hybridized carbons (Fsp3) is 0.294. The van der Waals surface area contributed by atoms with E-state index in [1.165, 1.54) is 5.56 Å². The van der Waals surface area contributed by atoms with E-state index in [1.807, 2.05) is 37.4 Å². The highest BCUT2D eigenvalue weighted by atomic mass is 16.5. The molecule has 0 bridgehead atoms. The first kappa shape index (κ1) is 14.3. The van der Waals surface area contributed by atoms with Crippen LogP contribution in [0.25, 0.3) is 0 Å². The number of hydrogen-bond acceptors (Lipinski definition) is 3. The summed E-state index contributed by atoms with van der Waals surface area (Å²) >= 11 is 0. The van der Waals surface area contributed by atoms with Crippen LogP contribution < -0.4 is 4.74 Å². The number of aromatic nitrogens is 1. The lowest BCUT2D eigenvalue weighted by Crippen LogP contribution is -2.06. The molecule has 1 aromatic heterocycles. The van der Waals surface area contributed by atoms with Crippen molar-refractivity contribution in [3.8, 4) is 5.75 Å². The smallest absolute Gasteiger partial charge is 0.168 e. The van der Waals surface area contributed by atoms with Crippen LogP contribution in [0, 0.1) is 6.92 Å². The van der Waals surface area contributed by atoms with E-state index < -0.39 is 0 Å². The van der Waals surface area contributed by atoms with E-state index in [0.29, 0.717) is 12.0 Å². The van der Waals surface area contributed by atoms with Gasteiger partial charge in [-0.3, -0.25) is 9.78 Å². The largest absolute Gasteiger partial charge is 0.496 e. The van der Waals surface area contributed by atoms with Crippen LogP contribution in [0.1, 0.15) is 34.1 Å². The summed E-state index contributed by atoms with van der Waals surface area (Å²) < 4.78 is 5.20. The number of Topliss-reactive ketones (excluding diaryl/α,β-unsaturated/α-hetero) is 1. The first-order chi connectivity index (χ1) is 9.63. The van der Waals surface area contributed by atoms with E-state index in [-0.39, 0.29) is 5.78 Å². The molecule has 2 rings (SSSR count). The Labute approximate surface area is 119 Å². The average molecular weight is 269 g/mol. The summed E-state index contributed by atoms with van der Waals surface area (Å²) in [5, 5.41) is 0. The topological polar surface area (TPSA) is 39.2 Å². The van der Waals surface area contributed by atoms with Gasteiger partial charge in [-0.2, -0.15) is 0 Å². The molecule has 2 aromatic rings. The number of methoxy groups -OCH3 is 1. The Morgan fingerprint density at radius 2 is 2.05 bits per heavy atom. The predicted octanol–water partition coefficient (Wildman–Crippen LogP) is 3.39. The van der Waals surface area contributed by atoms with Gasteiger partial charge in [0, 0.05) is 17.5 Å². The van der Waals surface area contributed by atoms with Crippen LogP contribution in [0.15, 0.2) is 36.5 Å². The third-order valence-electron chi connectivity index (χ3n) is 3.35. The van der Waals surface area contributed by atoms with Gasteiger partial charge in [0.1, 0.15) is 5.75 Å². The molecule has 0 N–H and O–H groups in total. The second kappa shape index (κ2) is 6.33. The molecule has 0 saturated carbocycles. The molecule has 0 radical (unpaired) electrons. The summed E-state index contributed by atoms with van der Waals surface area (Å²) in [7, 11) is 1.63. The molecule has 0 aliphatic carbocycles. The monoisotopic (exact) mass is 269 g/mol. The van der Waals surface area contributed by atoms with Crippen LogP contribution in [0.3, 0.4) is 0 Å². The summed E-state index contributed by atoms with van der Waals surface area (Å²) in [5.41, 5.74) is 3.65. The lowest BCUT2D eigenvalue weighted by Gasteiger charge is -2.07. The number of carbonyl (C=O) groups is 1. The molecule has 20 heavy (non-hydrogen) atoms. The zero-order valence-electron chi connectivity index (χ0n) is 12.1. The molecule has 0 spiro atoms. The van der Waals surface area contributed by atoms with Gasteiger partial charge in [0.2, 0.25) is 0 Å². The molecule has 1 aromatic carbocycles. The fourth-order valence-corrected chi connectivity index (χ4v) is 2.09. The molecule has 0 atom stereocenters. The quantitative estimate of drug-likeness (QED) is 0.781. The minimum atomic E-state index is 0.0764. The Kier molecular flexibility index (Phi) is 4.51. The normalized spacial score (nSPS) is 10.3. The fourth-order valence-electron chi connectivity index (χ4n) is 2.09. The Hall–Kier alpha value is -2.16. The summed E-state index contributed by atoms with van der Waals surface area (Å²) in [6, 6.07) is 9.44. The van der Waals surface area contributed by atoms with Gasteiger partial charge in [0.25, 0.3) is 0 Å². The highest BCUT2D eigenvalue weighted by molar-refractivity contribution is 5.97. The minimum Gasteiger partial charge on any atom is -0.496 e. The van der Waals surface area contributed by atoms with E-state index >= 15 is 0 Å². The van der Waals surface area contributed by atoms with Crippen molar-refractivity contribution in [1.82, 2.24) is 4.98 Å². The first-order valence-corrected chi connectivity index (χ1v) is 6.75. The summed E-state index contributed by atoms with van der Waals surface area (Å²) in [6.45, 7) is 4.02. The molecule has 1 heterocycles. The summed E-state index contributed by atoms with van der Waals surface area (Å²) in [6.07, 6.45) is 3.12. The van der Waals surface area contributed by atoms with Gasteiger partial charge in [-0.1, -0.05) is 13.0 Å². The number of carbonyl (C=O) groups excluding carboxylic acids is 1. The number of ether oxygens (including phenoxy) is 1. The Bertz CT molecular complexity index is 603. The van der Waals surface area contributed by atoms with Crippen molar-refractivity contribution in [2.24, 2.45) is 0 Å². The van der Waals surface area contributed by atoms with E-state index in [2.05, 4.69) is 11.9 Å². The molecule has 0 aliphatic heterocycles. The van der Waals surface area contributed by atoms with Crippen LogP contribution in [0.2, 0.25) is 0 Å². The molecule has 3 nitrogen and oxygen atoms in total. The molecule has 3 heteroatoms. The number of aryl methyl sites for hydroxylation is 2. The second-order valence-corrected chi connectivity index (χ2v) is 4.80. The van der Waals surface area contributed by atoms with Crippen LogP contribution in [-0.2, 0) is 12.8 Å². The van der Waals surface area contributed by atoms with Crippen molar-refractivity contribution in [3.63, 3.8) is 0 Å². The Balaban J connectivity index is 2.12. The number of ketones is 1. The van der Waals surface area contributed by atoms with Gasteiger partial charge in [-0.15, -0.1) is 0 Å². The number of nitrogens with zero attached hydrogens (tertiary/aromatic N) is 1. The number of pyridine rings is 1. The first-order valence-electron chi connectivity index (χ1n) is 6.75. The van der Waals surface area contributed by atoms with Crippen molar-refractivity contribution >= 4 is 5.78 Å². The minimum absolute atomic E-state index is 0.0764. The molecule has 0 fully saturated rings. The highest BCUT2D eigenvalue weighted by Crippen LogP contribution is 2.19. The van der Waals surface area contributed by atoms with Gasteiger partial charge in [-0.05, 0) is 48.7 Å². The Morgan fingerprint density at radius 3 is 2.60 bits per heavy atom. The maximum absolute atomic E-state index is 12.2. The van der Waals surface area contributed by atoms with E-state index in [0.717, 1.165) is 23.4 Å². The highest BCUT2D eigenvalue weighted by Gasteiger charge is 2.10. The van der Waals surface area contributed by atoms with Crippen molar-refractivity contribution < 1.29 is 9.53 Å². The summed E-state index contributed by atoms with van der Waals surface area (Å²) in [4.78, 5) is 16.6.